The lowest BCUT2D eigenvalue weighted by molar-refractivity contribution is 0.102. The van der Waals surface area contributed by atoms with Crippen molar-refractivity contribution in [1.29, 1.82) is 0 Å². The van der Waals surface area contributed by atoms with Gasteiger partial charge in [0.2, 0.25) is 0 Å². The van der Waals surface area contributed by atoms with Crippen molar-refractivity contribution >= 4 is 45.8 Å². The van der Waals surface area contributed by atoms with Crippen molar-refractivity contribution in [1.82, 2.24) is 0 Å². The third kappa shape index (κ3) is 3.03. The number of nitrogens with one attached hydrogen (secondary N) is 1. The van der Waals surface area contributed by atoms with E-state index in [-0.39, 0.29) is 5.91 Å². The lowest BCUT2D eigenvalue weighted by Crippen LogP contribution is -2.12. The summed E-state index contributed by atoms with van der Waals surface area (Å²) in [4.78, 5) is 12.1. The minimum Gasteiger partial charge on any atom is -0.322 e. The van der Waals surface area contributed by atoms with Gasteiger partial charge in [-0.1, -0.05) is 29.8 Å². The second-order valence-electron chi connectivity index (χ2n) is 3.90. The summed E-state index contributed by atoms with van der Waals surface area (Å²) in [6.07, 6.45) is 0. The lowest BCUT2D eigenvalue weighted by Gasteiger charge is -2.08. The third-order valence-electron chi connectivity index (χ3n) is 2.58. The molecule has 1 amide bonds. The standard InChI is InChI=1S/C14H11ClINO/c1-9-4-2-3-5-13(9)17-14(18)10-6-7-11(15)12(16)8-10/h2-8H,1H3,(H,17,18). The number of anilines is 1. The Morgan fingerprint density at radius 3 is 2.61 bits per heavy atom. The van der Waals surface area contributed by atoms with Crippen LogP contribution in [0.3, 0.4) is 0 Å². The Bertz CT molecular complexity index is 598. The molecule has 0 aliphatic carbocycles. The van der Waals surface area contributed by atoms with Crippen molar-refractivity contribution in [3.05, 3.63) is 62.2 Å². The van der Waals surface area contributed by atoms with Crippen LogP contribution in [0.4, 0.5) is 5.69 Å². The van der Waals surface area contributed by atoms with Gasteiger partial charge in [0.25, 0.3) is 5.91 Å². The summed E-state index contributed by atoms with van der Waals surface area (Å²) in [7, 11) is 0. The van der Waals surface area contributed by atoms with Crippen molar-refractivity contribution in [2.24, 2.45) is 0 Å². The maximum Gasteiger partial charge on any atom is 0.255 e. The third-order valence-corrected chi connectivity index (χ3v) is 4.12. The summed E-state index contributed by atoms with van der Waals surface area (Å²) in [5.41, 5.74) is 2.47. The van der Waals surface area contributed by atoms with Crippen molar-refractivity contribution in [2.45, 2.75) is 6.92 Å². The Morgan fingerprint density at radius 1 is 1.22 bits per heavy atom. The fourth-order valence-corrected chi connectivity index (χ4v) is 2.18. The van der Waals surface area contributed by atoms with E-state index in [9.17, 15) is 4.79 Å². The topological polar surface area (TPSA) is 29.1 Å². The molecule has 0 aliphatic heterocycles. The Balaban J connectivity index is 2.22. The van der Waals surface area contributed by atoms with E-state index in [2.05, 4.69) is 27.9 Å². The van der Waals surface area contributed by atoms with Crippen LogP contribution in [0.25, 0.3) is 0 Å². The van der Waals surface area contributed by atoms with Crippen LogP contribution >= 0.6 is 34.2 Å². The first-order valence-corrected chi connectivity index (χ1v) is 6.85. The van der Waals surface area contributed by atoms with Gasteiger partial charge in [-0.15, -0.1) is 0 Å². The molecule has 0 aliphatic rings. The van der Waals surface area contributed by atoms with E-state index in [0.717, 1.165) is 14.8 Å². The van der Waals surface area contributed by atoms with E-state index in [1.54, 1.807) is 18.2 Å². The molecule has 0 aromatic heterocycles. The molecule has 2 nitrogen and oxygen atoms in total. The van der Waals surface area contributed by atoms with E-state index in [1.165, 1.54) is 0 Å². The number of amides is 1. The molecule has 0 fully saturated rings. The summed E-state index contributed by atoms with van der Waals surface area (Å²) in [6.45, 7) is 1.96. The van der Waals surface area contributed by atoms with Crippen molar-refractivity contribution in [3.8, 4) is 0 Å². The van der Waals surface area contributed by atoms with E-state index in [4.69, 9.17) is 11.6 Å². The van der Waals surface area contributed by atoms with Gasteiger partial charge in [-0.2, -0.15) is 0 Å². The second kappa shape index (κ2) is 5.71. The molecule has 0 heterocycles. The Kier molecular flexibility index (Phi) is 4.24. The molecular weight excluding hydrogens is 361 g/mol. The predicted octanol–water partition coefficient (Wildman–Crippen LogP) is 4.51. The Morgan fingerprint density at radius 2 is 1.94 bits per heavy atom. The van der Waals surface area contributed by atoms with Gasteiger partial charge >= 0.3 is 0 Å². The highest BCUT2D eigenvalue weighted by Crippen LogP contribution is 2.20. The van der Waals surface area contributed by atoms with Crippen LogP contribution in [0.1, 0.15) is 15.9 Å². The lowest BCUT2D eigenvalue weighted by atomic mass is 10.1. The van der Waals surface area contributed by atoms with Gasteiger partial charge in [0.15, 0.2) is 0 Å². The molecule has 92 valence electrons. The number of benzene rings is 2. The summed E-state index contributed by atoms with van der Waals surface area (Å²) in [5.74, 6) is -0.126. The average Bonchev–Trinajstić information content (AvgIpc) is 2.35. The maximum atomic E-state index is 12.1. The molecule has 0 atom stereocenters. The molecule has 0 saturated carbocycles. The van der Waals surface area contributed by atoms with Crippen molar-refractivity contribution in [2.75, 3.05) is 5.32 Å². The highest BCUT2D eigenvalue weighted by Gasteiger charge is 2.09. The highest BCUT2D eigenvalue weighted by molar-refractivity contribution is 14.1. The first-order chi connectivity index (χ1) is 8.58. The van der Waals surface area contributed by atoms with Crippen LogP contribution in [0.5, 0.6) is 0 Å². The van der Waals surface area contributed by atoms with Gasteiger partial charge in [0, 0.05) is 14.8 Å². The number of para-hydroxylation sites is 1. The first kappa shape index (κ1) is 13.4. The molecule has 2 rings (SSSR count). The molecule has 0 spiro atoms. The molecule has 0 radical (unpaired) electrons. The van der Waals surface area contributed by atoms with Gasteiger partial charge in [-0.25, -0.2) is 0 Å². The maximum absolute atomic E-state index is 12.1. The van der Waals surface area contributed by atoms with Crippen LogP contribution in [0.2, 0.25) is 5.02 Å². The molecule has 2 aromatic rings. The fourth-order valence-electron chi connectivity index (χ4n) is 1.55. The van der Waals surface area contributed by atoms with Gasteiger partial charge in [-0.3, -0.25) is 4.79 Å². The zero-order valence-corrected chi connectivity index (χ0v) is 12.6. The zero-order chi connectivity index (χ0) is 13.1. The van der Waals surface area contributed by atoms with E-state index >= 15 is 0 Å². The first-order valence-electron chi connectivity index (χ1n) is 5.40. The molecule has 1 N–H and O–H groups in total. The second-order valence-corrected chi connectivity index (χ2v) is 5.47. The highest BCUT2D eigenvalue weighted by atomic mass is 127. The number of aryl methyl sites for hydroxylation is 1. The molecule has 0 unspecified atom stereocenters. The largest absolute Gasteiger partial charge is 0.322 e. The van der Waals surface area contributed by atoms with Gasteiger partial charge < -0.3 is 5.32 Å². The predicted molar refractivity (Wildman–Crippen MR) is 83.3 cm³/mol. The molecule has 4 heteroatoms. The number of hydrogen-bond acceptors (Lipinski definition) is 1. The summed E-state index contributed by atoms with van der Waals surface area (Å²) in [5, 5.41) is 3.54. The zero-order valence-electron chi connectivity index (χ0n) is 9.71. The SMILES string of the molecule is Cc1ccccc1NC(=O)c1ccc(Cl)c(I)c1. The van der Waals surface area contributed by atoms with E-state index in [1.807, 2.05) is 31.2 Å². The van der Waals surface area contributed by atoms with Crippen LogP contribution < -0.4 is 5.32 Å². The monoisotopic (exact) mass is 371 g/mol. The summed E-state index contributed by atoms with van der Waals surface area (Å²) >= 11 is 8.04. The normalized spacial score (nSPS) is 10.2. The van der Waals surface area contributed by atoms with E-state index < -0.39 is 0 Å². The smallest absolute Gasteiger partial charge is 0.255 e. The molecule has 0 bridgehead atoms. The summed E-state index contributed by atoms with van der Waals surface area (Å²) < 4.78 is 0.867. The van der Waals surface area contributed by atoms with Gasteiger partial charge in [0.05, 0.1) is 5.02 Å². The molecule has 2 aromatic carbocycles. The summed E-state index contributed by atoms with van der Waals surface area (Å²) in [6, 6.07) is 12.9. The fraction of sp³-hybridized carbons (Fsp3) is 0.0714. The van der Waals surface area contributed by atoms with Crippen LogP contribution in [-0.2, 0) is 0 Å². The molecule has 0 saturated heterocycles. The van der Waals surface area contributed by atoms with E-state index in [0.29, 0.717) is 10.6 Å². The van der Waals surface area contributed by atoms with Crippen molar-refractivity contribution < 1.29 is 4.79 Å². The minimum absolute atomic E-state index is 0.126. The number of halogens is 2. The Labute approximate surface area is 124 Å². The Hall–Kier alpha value is -1.07. The average molecular weight is 372 g/mol. The van der Waals surface area contributed by atoms with Crippen LogP contribution in [0, 0.1) is 10.5 Å². The van der Waals surface area contributed by atoms with Crippen LogP contribution in [-0.4, -0.2) is 5.91 Å². The number of hydrogen-bond donors (Lipinski definition) is 1. The number of carbonyl (C=O) groups is 1. The molecular formula is C14H11ClINO. The minimum atomic E-state index is -0.126. The van der Waals surface area contributed by atoms with Gasteiger partial charge in [-0.05, 0) is 59.3 Å². The quantitative estimate of drug-likeness (QED) is 0.774. The molecule has 18 heavy (non-hydrogen) atoms. The number of rotatable bonds is 2. The van der Waals surface area contributed by atoms with Crippen LogP contribution in [0.15, 0.2) is 42.5 Å². The van der Waals surface area contributed by atoms with Gasteiger partial charge in [0.1, 0.15) is 0 Å². The van der Waals surface area contributed by atoms with Crippen molar-refractivity contribution in [3.63, 3.8) is 0 Å². The number of carbonyl (C=O) groups excluding carboxylic acids is 1.